The third-order valence-electron chi connectivity index (χ3n) is 2.66. The Morgan fingerprint density at radius 3 is 2.82 bits per heavy atom. The number of rotatable bonds is 7. The Morgan fingerprint density at radius 1 is 1.47 bits per heavy atom. The molecule has 0 heterocycles. The number of benzene rings is 1. The van der Waals surface area contributed by atoms with Gasteiger partial charge in [-0.3, -0.25) is 0 Å². The number of nitrogens with one attached hydrogen (secondary N) is 1. The van der Waals surface area contributed by atoms with E-state index in [1.165, 1.54) is 13.2 Å². The summed E-state index contributed by atoms with van der Waals surface area (Å²) in [6, 6.07) is 5.38. The van der Waals surface area contributed by atoms with Gasteiger partial charge in [0.1, 0.15) is 11.6 Å². The van der Waals surface area contributed by atoms with E-state index in [0.717, 1.165) is 12.2 Å². The molecule has 0 aliphatic rings. The maximum absolute atomic E-state index is 13.6. The van der Waals surface area contributed by atoms with Crippen LogP contribution in [-0.4, -0.2) is 25.2 Å². The van der Waals surface area contributed by atoms with Gasteiger partial charge in [0.15, 0.2) is 0 Å². The van der Waals surface area contributed by atoms with Crippen LogP contribution in [0.5, 0.6) is 5.75 Å². The Balaban J connectivity index is 2.46. The van der Waals surface area contributed by atoms with Crippen LogP contribution in [0.2, 0.25) is 0 Å². The quantitative estimate of drug-likeness (QED) is 0.811. The lowest BCUT2D eigenvalue weighted by Gasteiger charge is -2.13. The minimum absolute atomic E-state index is 0.214. The maximum Gasteiger partial charge on any atom is 0.131 e. The predicted octanol–water partition coefficient (Wildman–Crippen LogP) is 3.07. The highest BCUT2D eigenvalue weighted by Gasteiger charge is 2.06. The molecule has 0 aliphatic heterocycles. The molecule has 0 aromatic heterocycles. The Kier molecular flexibility index (Phi) is 6.37. The maximum atomic E-state index is 13.6. The fraction of sp³-hybridized carbons (Fsp3) is 0.538. The van der Waals surface area contributed by atoms with E-state index in [1.54, 1.807) is 12.1 Å². The van der Waals surface area contributed by atoms with Gasteiger partial charge in [0, 0.05) is 24.2 Å². The van der Waals surface area contributed by atoms with Gasteiger partial charge in [-0.15, -0.1) is 0 Å². The third kappa shape index (κ3) is 4.96. The molecule has 1 unspecified atom stereocenters. The molecule has 17 heavy (non-hydrogen) atoms. The highest BCUT2D eigenvalue weighted by atomic mass is 32.2. The number of methoxy groups -OCH3 is 1. The zero-order valence-corrected chi connectivity index (χ0v) is 11.4. The summed E-state index contributed by atoms with van der Waals surface area (Å²) in [6.45, 7) is 2.68. The third-order valence-corrected chi connectivity index (χ3v) is 3.30. The van der Waals surface area contributed by atoms with E-state index < -0.39 is 0 Å². The van der Waals surface area contributed by atoms with Gasteiger partial charge in [0.2, 0.25) is 0 Å². The Bertz CT molecular complexity index is 346. The Hall–Kier alpha value is -0.740. The molecule has 1 atom stereocenters. The number of ether oxygens (including phenoxy) is 1. The molecule has 0 saturated heterocycles. The van der Waals surface area contributed by atoms with E-state index in [0.29, 0.717) is 23.9 Å². The van der Waals surface area contributed by atoms with Crippen molar-refractivity contribution in [2.75, 3.05) is 19.1 Å². The molecule has 0 amide bonds. The van der Waals surface area contributed by atoms with Gasteiger partial charge in [0.05, 0.1) is 7.11 Å². The predicted molar refractivity (Wildman–Crippen MR) is 72.3 cm³/mol. The highest BCUT2D eigenvalue weighted by Crippen LogP contribution is 2.16. The monoisotopic (exact) mass is 257 g/mol. The van der Waals surface area contributed by atoms with Crippen molar-refractivity contribution in [2.24, 2.45) is 0 Å². The molecule has 1 rings (SSSR count). The summed E-state index contributed by atoms with van der Waals surface area (Å²) < 4.78 is 18.6. The molecule has 0 saturated carbocycles. The lowest BCUT2D eigenvalue weighted by Crippen LogP contribution is -2.26. The van der Waals surface area contributed by atoms with Crippen molar-refractivity contribution in [1.29, 1.82) is 0 Å². The van der Waals surface area contributed by atoms with Gasteiger partial charge in [-0.05, 0) is 31.4 Å². The van der Waals surface area contributed by atoms with E-state index >= 15 is 0 Å². The molecule has 0 spiro atoms. The number of halogens is 1. The summed E-state index contributed by atoms with van der Waals surface area (Å²) in [5.74, 6) is 1.47. The fourth-order valence-corrected chi connectivity index (χ4v) is 2.07. The first-order valence-corrected chi connectivity index (χ1v) is 7.11. The second kappa shape index (κ2) is 7.56. The van der Waals surface area contributed by atoms with Crippen LogP contribution in [0.1, 0.15) is 18.9 Å². The minimum atomic E-state index is -0.214. The van der Waals surface area contributed by atoms with Crippen molar-refractivity contribution in [3.8, 4) is 5.75 Å². The summed E-state index contributed by atoms with van der Waals surface area (Å²) in [6.07, 6.45) is 3.19. The highest BCUT2D eigenvalue weighted by molar-refractivity contribution is 7.98. The van der Waals surface area contributed by atoms with Crippen LogP contribution in [0, 0.1) is 5.82 Å². The number of hydrogen-bond donors (Lipinski definition) is 1. The van der Waals surface area contributed by atoms with E-state index in [1.807, 2.05) is 11.8 Å². The van der Waals surface area contributed by atoms with Crippen LogP contribution >= 0.6 is 11.8 Å². The molecule has 1 aromatic carbocycles. The SMILES string of the molecule is COc1ccc(CNC(C)CCSC)c(F)c1. The summed E-state index contributed by atoms with van der Waals surface area (Å²) in [5.41, 5.74) is 0.682. The summed E-state index contributed by atoms with van der Waals surface area (Å²) >= 11 is 1.83. The summed E-state index contributed by atoms with van der Waals surface area (Å²) in [4.78, 5) is 0. The van der Waals surface area contributed by atoms with Crippen molar-refractivity contribution in [3.05, 3.63) is 29.6 Å². The zero-order chi connectivity index (χ0) is 12.7. The lowest BCUT2D eigenvalue weighted by molar-refractivity contribution is 0.410. The molecule has 0 aliphatic carbocycles. The smallest absolute Gasteiger partial charge is 0.131 e. The lowest BCUT2D eigenvalue weighted by atomic mass is 10.2. The first-order chi connectivity index (χ1) is 8.17. The van der Waals surface area contributed by atoms with Gasteiger partial charge < -0.3 is 10.1 Å². The summed E-state index contributed by atoms with van der Waals surface area (Å²) in [5, 5.41) is 3.32. The normalized spacial score (nSPS) is 12.5. The Morgan fingerprint density at radius 2 is 2.24 bits per heavy atom. The van der Waals surface area contributed by atoms with Crippen LogP contribution in [0.25, 0.3) is 0 Å². The molecule has 96 valence electrons. The van der Waals surface area contributed by atoms with Crippen LogP contribution in [0.4, 0.5) is 4.39 Å². The van der Waals surface area contributed by atoms with Gasteiger partial charge >= 0.3 is 0 Å². The average Bonchev–Trinajstić information content (AvgIpc) is 2.34. The first kappa shape index (κ1) is 14.3. The molecule has 0 bridgehead atoms. The minimum Gasteiger partial charge on any atom is -0.497 e. The van der Waals surface area contributed by atoms with Crippen LogP contribution in [0.3, 0.4) is 0 Å². The topological polar surface area (TPSA) is 21.3 Å². The molecular formula is C13H20FNOS. The Labute approximate surface area is 107 Å². The molecule has 4 heteroatoms. The van der Waals surface area contributed by atoms with Crippen molar-refractivity contribution < 1.29 is 9.13 Å². The van der Waals surface area contributed by atoms with E-state index in [2.05, 4.69) is 18.5 Å². The van der Waals surface area contributed by atoms with Crippen LogP contribution in [0.15, 0.2) is 18.2 Å². The van der Waals surface area contributed by atoms with Crippen LogP contribution < -0.4 is 10.1 Å². The standard InChI is InChI=1S/C13H20FNOS/c1-10(6-7-17-3)15-9-11-4-5-12(16-2)8-13(11)14/h4-5,8,10,15H,6-7,9H2,1-3H3. The molecule has 0 radical (unpaired) electrons. The van der Waals surface area contributed by atoms with Gasteiger partial charge in [-0.2, -0.15) is 11.8 Å². The van der Waals surface area contributed by atoms with Crippen molar-refractivity contribution in [1.82, 2.24) is 5.32 Å². The van der Waals surface area contributed by atoms with E-state index in [4.69, 9.17) is 4.74 Å². The largest absolute Gasteiger partial charge is 0.497 e. The number of hydrogen-bond acceptors (Lipinski definition) is 3. The molecular weight excluding hydrogens is 237 g/mol. The van der Waals surface area contributed by atoms with Gasteiger partial charge in [-0.25, -0.2) is 4.39 Å². The van der Waals surface area contributed by atoms with Crippen molar-refractivity contribution in [2.45, 2.75) is 25.9 Å². The second-order valence-electron chi connectivity index (χ2n) is 4.02. The first-order valence-electron chi connectivity index (χ1n) is 5.72. The zero-order valence-electron chi connectivity index (χ0n) is 10.6. The van der Waals surface area contributed by atoms with E-state index in [-0.39, 0.29) is 5.82 Å². The summed E-state index contributed by atoms with van der Waals surface area (Å²) in [7, 11) is 1.54. The van der Waals surface area contributed by atoms with Crippen molar-refractivity contribution in [3.63, 3.8) is 0 Å². The van der Waals surface area contributed by atoms with Gasteiger partial charge in [-0.1, -0.05) is 6.07 Å². The molecule has 2 nitrogen and oxygen atoms in total. The van der Waals surface area contributed by atoms with Gasteiger partial charge in [0.25, 0.3) is 0 Å². The van der Waals surface area contributed by atoms with E-state index in [9.17, 15) is 4.39 Å². The number of thioether (sulfide) groups is 1. The molecule has 0 fully saturated rings. The average molecular weight is 257 g/mol. The molecule has 1 aromatic rings. The fourth-order valence-electron chi connectivity index (χ4n) is 1.48. The van der Waals surface area contributed by atoms with Crippen molar-refractivity contribution >= 4 is 11.8 Å². The second-order valence-corrected chi connectivity index (χ2v) is 5.01. The molecule has 1 N–H and O–H groups in total. The van der Waals surface area contributed by atoms with Crippen LogP contribution in [-0.2, 0) is 6.54 Å².